The average Bonchev–Trinajstić information content (AvgIpc) is 2.07. The van der Waals surface area contributed by atoms with Gasteiger partial charge in [0.1, 0.15) is 12.4 Å². The standard InChI is InChI=1S/C9H11ClO2/c1-7-2-3-8(10)9(6-7)12-5-4-11/h2-3,6,11H,4-5H2,1H3. The van der Waals surface area contributed by atoms with Crippen LogP contribution >= 0.6 is 11.6 Å². The van der Waals surface area contributed by atoms with Crippen molar-refractivity contribution < 1.29 is 9.84 Å². The number of rotatable bonds is 3. The predicted molar refractivity (Wildman–Crippen MR) is 48.8 cm³/mol. The van der Waals surface area contributed by atoms with Crippen LogP contribution in [0.2, 0.25) is 5.02 Å². The highest BCUT2D eigenvalue weighted by Crippen LogP contribution is 2.24. The Morgan fingerprint density at radius 1 is 1.50 bits per heavy atom. The van der Waals surface area contributed by atoms with E-state index in [1.165, 1.54) is 0 Å². The van der Waals surface area contributed by atoms with Gasteiger partial charge in [-0.1, -0.05) is 17.7 Å². The van der Waals surface area contributed by atoms with Crippen LogP contribution < -0.4 is 4.74 Å². The van der Waals surface area contributed by atoms with Crippen LogP contribution in [0.4, 0.5) is 0 Å². The summed E-state index contributed by atoms with van der Waals surface area (Å²) in [6.45, 7) is 2.25. The van der Waals surface area contributed by atoms with Gasteiger partial charge in [0.05, 0.1) is 11.6 Å². The van der Waals surface area contributed by atoms with E-state index in [0.29, 0.717) is 10.8 Å². The zero-order valence-electron chi connectivity index (χ0n) is 6.88. The van der Waals surface area contributed by atoms with Crippen LogP contribution in [0, 0.1) is 6.92 Å². The first-order chi connectivity index (χ1) is 5.74. The van der Waals surface area contributed by atoms with Gasteiger partial charge in [-0.15, -0.1) is 0 Å². The summed E-state index contributed by atoms with van der Waals surface area (Å²) in [7, 11) is 0. The van der Waals surface area contributed by atoms with Gasteiger partial charge in [-0.25, -0.2) is 0 Å². The number of hydrogen-bond acceptors (Lipinski definition) is 2. The molecule has 1 aromatic carbocycles. The van der Waals surface area contributed by atoms with Crippen LogP contribution in [-0.2, 0) is 0 Å². The maximum absolute atomic E-state index is 8.52. The van der Waals surface area contributed by atoms with Gasteiger partial charge >= 0.3 is 0 Å². The molecule has 2 nitrogen and oxygen atoms in total. The Morgan fingerprint density at radius 3 is 2.92 bits per heavy atom. The molecule has 3 heteroatoms. The smallest absolute Gasteiger partial charge is 0.138 e. The van der Waals surface area contributed by atoms with Crippen molar-refractivity contribution in [1.29, 1.82) is 0 Å². The van der Waals surface area contributed by atoms with Crippen LogP contribution in [0.25, 0.3) is 0 Å². The molecular formula is C9H11ClO2. The topological polar surface area (TPSA) is 29.5 Å². The minimum absolute atomic E-state index is 0.00424. The second kappa shape index (κ2) is 4.33. The molecule has 0 aliphatic heterocycles. The molecule has 0 saturated heterocycles. The summed E-state index contributed by atoms with van der Waals surface area (Å²) in [5, 5.41) is 9.10. The Balaban J connectivity index is 2.75. The molecule has 12 heavy (non-hydrogen) atoms. The molecule has 0 aliphatic rings. The number of aliphatic hydroxyl groups excluding tert-OH is 1. The fourth-order valence-electron chi connectivity index (χ4n) is 0.877. The third-order valence-electron chi connectivity index (χ3n) is 1.44. The summed E-state index contributed by atoms with van der Waals surface area (Å²) in [5.41, 5.74) is 1.09. The molecule has 0 aromatic heterocycles. The van der Waals surface area contributed by atoms with Crippen molar-refractivity contribution in [3.63, 3.8) is 0 Å². The molecule has 0 radical (unpaired) electrons. The Hall–Kier alpha value is -0.730. The molecule has 0 spiro atoms. The highest BCUT2D eigenvalue weighted by atomic mass is 35.5. The van der Waals surface area contributed by atoms with Gasteiger partial charge in [-0.05, 0) is 24.6 Å². The fourth-order valence-corrected chi connectivity index (χ4v) is 1.05. The van der Waals surface area contributed by atoms with Crippen LogP contribution in [0.1, 0.15) is 5.56 Å². The lowest BCUT2D eigenvalue weighted by atomic mass is 10.2. The summed E-state index contributed by atoms with van der Waals surface area (Å²) < 4.78 is 5.18. The van der Waals surface area contributed by atoms with E-state index < -0.39 is 0 Å². The summed E-state index contributed by atoms with van der Waals surface area (Å²) in [4.78, 5) is 0. The fraction of sp³-hybridized carbons (Fsp3) is 0.333. The molecule has 0 unspecified atom stereocenters. The van der Waals surface area contributed by atoms with Gasteiger partial charge in [0.2, 0.25) is 0 Å². The van der Waals surface area contributed by atoms with Crippen molar-refractivity contribution in [1.82, 2.24) is 0 Å². The Labute approximate surface area is 76.7 Å². The molecule has 0 bridgehead atoms. The SMILES string of the molecule is Cc1ccc(Cl)c(OCCO)c1. The highest BCUT2D eigenvalue weighted by Gasteiger charge is 1.99. The summed E-state index contributed by atoms with van der Waals surface area (Å²) >= 11 is 5.83. The van der Waals surface area contributed by atoms with E-state index in [1.54, 1.807) is 6.07 Å². The molecule has 1 rings (SSSR count). The van der Waals surface area contributed by atoms with E-state index in [4.69, 9.17) is 21.4 Å². The van der Waals surface area contributed by atoms with Crippen molar-refractivity contribution in [2.24, 2.45) is 0 Å². The number of aryl methyl sites for hydroxylation is 1. The molecule has 0 fully saturated rings. The van der Waals surface area contributed by atoms with E-state index in [9.17, 15) is 0 Å². The number of aliphatic hydroxyl groups is 1. The van der Waals surface area contributed by atoms with Crippen molar-refractivity contribution in [2.75, 3.05) is 13.2 Å². The van der Waals surface area contributed by atoms with Gasteiger partial charge in [-0.3, -0.25) is 0 Å². The van der Waals surface area contributed by atoms with Gasteiger partial charge in [0, 0.05) is 0 Å². The average molecular weight is 187 g/mol. The third kappa shape index (κ3) is 2.40. The van der Waals surface area contributed by atoms with Gasteiger partial charge in [0.15, 0.2) is 0 Å². The van der Waals surface area contributed by atoms with Gasteiger partial charge in [0.25, 0.3) is 0 Å². The Kier molecular flexibility index (Phi) is 3.38. The monoisotopic (exact) mass is 186 g/mol. The van der Waals surface area contributed by atoms with Crippen LogP contribution in [0.5, 0.6) is 5.75 Å². The van der Waals surface area contributed by atoms with E-state index in [1.807, 2.05) is 19.1 Å². The lowest BCUT2D eigenvalue weighted by Crippen LogP contribution is -2.01. The zero-order valence-corrected chi connectivity index (χ0v) is 7.64. The number of benzene rings is 1. The number of halogens is 1. The van der Waals surface area contributed by atoms with E-state index in [-0.39, 0.29) is 13.2 Å². The van der Waals surface area contributed by atoms with Crippen molar-refractivity contribution in [3.8, 4) is 5.75 Å². The summed E-state index contributed by atoms with van der Waals surface area (Å²) in [6.07, 6.45) is 0. The molecular weight excluding hydrogens is 176 g/mol. The second-order valence-electron chi connectivity index (χ2n) is 2.51. The number of ether oxygens (including phenoxy) is 1. The molecule has 0 atom stereocenters. The quantitative estimate of drug-likeness (QED) is 0.783. The molecule has 1 aromatic rings. The van der Waals surface area contributed by atoms with Crippen LogP contribution in [0.15, 0.2) is 18.2 Å². The van der Waals surface area contributed by atoms with Gasteiger partial charge < -0.3 is 9.84 Å². The predicted octanol–water partition coefficient (Wildman–Crippen LogP) is 2.02. The lowest BCUT2D eigenvalue weighted by molar-refractivity contribution is 0.201. The molecule has 1 N–H and O–H groups in total. The van der Waals surface area contributed by atoms with E-state index in [0.717, 1.165) is 5.56 Å². The zero-order chi connectivity index (χ0) is 8.97. The molecule has 0 saturated carbocycles. The normalized spacial score (nSPS) is 9.92. The Bertz CT molecular complexity index is 261. The van der Waals surface area contributed by atoms with Crippen molar-refractivity contribution in [2.45, 2.75) is 6.92 Å². The first kappa shape index (κ1) is 9.36. The summed E-state index contributed by atoms with van der Waals surface area (Å²) in [5.74, 6) is 0.630. The summed E-state index contributed by atoms with van der Waals surface area (Å²) in [6, 6.07) is 5.54. The maximum Gasteiger partial charge on any atom is 0.138 e. The number of hydrogen-bond donors (Lipinski definition) is 1. The van der Waals surface area contributed by atoms with Gasteiger partial charge in [-0.2, -0.15) is 0 Å². The minimum Gasteiger partial charge on any atom is -0.490 e. The molecule has 0 aliphatic carbocycles. The van der Waals surface area contributed by atoms with Crippen molar-refractivity contribution in [3.05, 3.63) is 28.8 Å². The lowest BCUT2D eigenvalue weighted by Gasteiger charge is -2.06. The third-order valence-corrected chi connectivity index (χ3v) is 1.75. The maximum atomic E-state index is 8.52. The van der Waals surface area contributed by atoms with E-state index >= 15 is 0 Å². The van der Waals surface area contributed by atoms with Crippen LogP contribution in [0.3, 0.4) is 0 Å². The molecule has 66 valence electrons. The molecule has 0 heterocycles. The minimum atomic E-state index is 0.00424. The van der Waals surface area contributed by atoms with Crippen LogP contribution in [-0.4, -0.2) is 18.3 Å². The Morgan fingerprint density at radius 2 is 2.25 bits per heavy atom. The van der Waals surface area contributed by atoms with E-state index in [2.05, 4.69) is 0 Å². The molecule has 0 amide bonds. The largest absolute Gasteiger partial charge is 0.490 e. The first-order valence-electron chi connectivity index (χ1n) is 3.74. The highest BCUT2D eigenvalue weighted by molar-refractivity contribution is 6.32. The van der Waals surface area contributed by atoms with Crippen molar-refractivity contribution >= 4 is 11.6 Å². The first-order valence-corrected chi connectivity index (χ1v) is 4.11. The second-order valence-corrected chi connectivity index (χ2v) is 2.91.